The molecule has 2 saturated heterocycles. The Morgan fingerprint density at radius 2 is 1.68 bits per heavy atom. The summed E-state index contributed by atoms with van der Waals surface area (Å²) in [5, 5.41) is 0. The van der Waals surface area contributed by atoms with Gasteiger partial charge in [0.1, 0.15) is 0 Å². The highest BCUT2D eigenvalue weighted by Gasteiger charge is 2.35. The van der Waals surface area contributed by atoms with Gasteiger partial charge in [0.15, 0.2) is 0 Å². The highest BCUT2D eigenvalue weighted by atomic mass is 15.3. The van der Waals surface area contributed by atoms with E-state index in [1.165, 1.54) is 45.7 Å². The van der Waals surface area contributed by atoms with Crippen LogP contribution in [0.4, 0.5) is 0 Å². The number of rotatable bonds is 3. The molecule has 0 spiro atoms. The Hall–Kier alpha value is -0.120. The van der Waals surface area contributed by atoms with Gasteiger partial charge in [-0.05, 0) is 39.7 Å². The Kier molecular flexibility index (Phi) is 5.27. The molecule has 0 aliphatic carbocycles. The van der Waals surface area contributed by atoms with Crippen LogP contribution in [-0.4, -0.2) is 72.1 Å². The molecule has 2 aliphatic heterocycles. The predicted molar refractivity (Wildman–Crippen MR) is 82.6 cm³/mol. The maximum atomic E-state index is 2.77. The molecule has 0 amide bonds. The van der Waals surface area contributed by atoms with Gasteiger partial charge in [-0.3, -0.25) is 9.80 Å². The first-order valence-electron chi connectivity index (χ1n) is 8.25. The molecule has 0 N–H and O–H groups in total. The summed E-state index contributed by atoms with van der Waals surface area (Å²) in [6.45, 7) is 19.3. The molecule has 0 saturated carbocycles. The van der Waals surface area contributed by atoms with Crippen LogP contribution in [0, 0.1) is 5.92 Å². The molecule has 3 nitrogen and oxygen atoms in total. The molecule has 3 heteroatoms. The van der Waals surface area contributed by atoms with Crippen LogP contribution >= 0.6 is 0 Å². The number of nitrogens with zero attached hydrogens (tertiary/aromatic N) is 3. The second-order valence-electron chi connectivity index (χ2n) is 6.88. The fraction of sp³-hybridized carbons (Fsp3) is 1.00. The highest BCUT2D eigenvalue weighted by molar-refractivity contribution is 4.90. The Labute approximate surface area is 119 Å². The van der Waals surface area contributed by atoms with Crippen molar-refractivity contribution in [3.8, 4) is 0 Å². The largest absolute Gasteiger partial charge is 0.301 e. The van der Waals surface area contributed by atoms with Crippen LogP contribution in [0.2, 0.25) is 0 Å². The van der Waals surface area contributed by atoms with Gasteiger partial charge >= 0.3 is 0 Å². The third-order valence-corrected chi connectivity index (χ3v) is 5.34. The third-order valence-electron chi connectivity index (χ3n) is 5.34. The molecule has 1 unspecified atom stereocenters. The van der Waals surface area contributed by atoms with Gasteiger partial charge in [-0.2, -0.15) is 0 Å². The van der Waals surface area contributed by atoms with E-state index in [0.29, 0.717) is 6.04 Å². The topological polar surface area (TPSA) is 9.72 Å². The van der Waals surface area contributed by atoms with E-state index in [2.05, 4.69) is 49.3 Å². The molecule has 112 valence electrons. The lowest BCUT2D eigenvalue weighted by Crippen LogP contribution is -2.58. The van der Waals surface area contributed by atoms with Gasteiger partial charge in [0, 0.05) is 50.8 Å². The van der Waals surface area contributed by atoms with Crippen LogP contribution in [0.1, 0.15) is 41.0 Å². The van der Waals surface area contributed by atoms with Gasteiger partial charge < -0.3 is 4.90 Å². The normalized spacial score (nSPS) is 36.0. The molecular formula is C16H33N3. The minimum Gasteiger partial charge on any atom is -0.301 e. The van der Waals surface area contributed by atoms with E-state index in [1.54, 1.807) is 0 Å². The zero-order chi connectivity index (χ0) is 14.0. The second-order valence-corrected chi connectivity index (χ2v) is 6.88. The summed E-state index contributed by atoms with van der Waals surface area (Å²) in [5.41, 5.74) is 0. The fourth-order valence-electron chi connectivity index (χ4n) is 3.94. The van der Waals surface area contributed by atoms with Gasteiger partial charge in [-0.1, -0.05) is 13.8 Å². The maximum Gasteiger partial charge on any atom is 0.0149 e. The summed E-state index contributed by atoms with van der Waals surface area (Å²) < 4.78 is 0. The zero-order valence-electron chi connectivity index (χ0n) is 13.6. The number of hydrogen-bond donors (Lipinski definition) is 0. The van der Waals surface area contributed by atoms with Crippen molar-refractivity contribution < 1.29 is 0 Å². The lowest BCUT2D eigenvalue weighted by atomic mass is 9.88. The van der Waals surface area contributed by atoms with Gasteiger partial charge in [-0.15, -0.1) is 0 Å². The van der Waals surface area contributed by atoms with Crippen molar-refractivity contribution in [1.29, 1.82) is 0 Å². The molecule has 0 radical (unpaired) electrons. The molecule has 2 rings (SSSR count). The summed E-state index contributed by atoms with van der Waals surface area (Å²) >= 11 is 0. The summed E-state index contributed by atoms with van der Waals surface area (Å²) in [5.74, 6) is 0.821. The molecule has 0 bridgehead atoms. The van der Waals surface area contributed by atoms with Crippen LogP contribution < -0.4 is 0 Å². The standard InChI is InChI=1S/C16H33N3/c1-6-17-12-14(4)16(11-15(17)5)19-9-7-18(8-10-19)13(2)3/h13-16H,6-12H2,1-5H3/t14-,15+,16?/m0/s1. The SMILES string of the molecule is CCN1C[C@H](C)C(N2CCN(C(C)C)CC2)C[C@H]1C. The first-order chi connectivity index (χ1) is 9.02. The lowest BCUT2D eigenvalue weighted by molar-refractivity contribution is 0.00404. The van der Waals surface area contributed by atoms with Crippen molar-refractivity contribution in [2.45, 2.75) is 59.2 Å². The van der Waals surface area contributed by atoms with E-state index in [0.717, 1.165) is 18.0 Å². The Morgan fingerprint density at radius 3 is 2.21 bits per heavy atom. The van der Waals surface area contributed by atoms with Crippen LogP contribution in [0.15, 0.2) is 0 Å². The van der Waals surface area contributed by atoms with Crippen molar-refractivity contribution in [3.63, 3.8) is 0 Å². The molecule has 2 aliphatic rings. The van der Waals surface area contributed by atoms with Crippen molar-refractivity contribution in [3.05, 3.63) is 0 Å². The Bertz CT molecular complexity index is 271. The number of likely N-dealkylation sites (tertiary alicyclic amines) is 1. The van der Waals surface area contributed by atoms with Gasteiger partial charge in [0.25, 0.3) is 0 Å². The molecular weight excluding hydrogens is 234 g/mol. The van der Waals surface area contributed by atoms with Crippen molar-refractivity contribution in [1.82, 2.24) is 14.7 Å². The molecule has 0 aromatic carbocycles. The molecule has 0 aromatic heterocycles. The quantitative estimate of drug-likeness (QED) is 0.775. The second kappa shape index (κ2) is 6.55. The average Bonchev–Trinajstić information content (AvgIpc) is 2.41. The summed E-state index contributed by atoms with van der Waals surface area (Å²) in [7, 11) is 0. The predicted octanol–water partition coefficient (Wildman–Crippen LogP) is 2.13. The van der Waals surface area contributed by atoms with Gasteiger partial charge in [-0.25, -0.2) is 0 Å². The first kappa shape index (κ1) is 15.3. The smallest absolute Gasteiger partial charge is 0.0149 e. The summed E-state index contributed by atoms with van der Waals surface area (Å²) in [6.07, 6.45) is 1.36. The van der Waals surface area contributed by atoms with Crippen molar-refractivity contribution >= 4 is 0 Å². The molecule has 19 heavy (non-hydrogen) atoms. The lowest BCUT2D eigenvalue weighted by Gasteiger charge is -2.48. The van der Waals surface area contributed by atoms with Crippen molar-refractivity contribution in [2.75, 3.05) is 39.3 Å². The van der Waals surface area contributed by atoms with E-state index in [1.807, 2.05) is 0 Å². The van der Waals surface area contributed by atoms with E-state index >= 15 is 0 Å². The minimum atomic E-state index is 0.709. The Morgan fingerprint density at radius 1 is 1.05 bits per heavy atom. The number of piperidine rings is 1. The molecule has 2 fully saturated rings. The zero-order valence-corrected chi connectivity index (χ0v) is 13.6. The van der Waals surface area contributed by atoms with Crippen LogP contribution in [0.5, 0.6) is 0 Å². The van der Waals surface area contributed by atoms with Gasteiger partial charge in [0.2, 0.25) is 0 Å². The van der Waals surface area contributed by atoms with E-state index in [-0.39, 0.29) is 0 Å². The molecule has 0 aromatic rings. The maximum absolute atomic E-state index is 2.77. The number of hydrogen-bond acceptors (Lipinski definition) is 3. The summed E-state index contributed by atoms with van der Waals surface area (Å²) in [4.78, 5) is 8.03. The third kappa shape index (κ3) is 3.50. The Balaban J connectivity index is 1.89. The van der Waals surface area contributed by atoms with Crippen molar-refractivity contribution in [2.24, 2.45) is 5.92 Å². The minimum absolute atomic E-state index is 0.709. The molecule has 2 heterocycles. The number of piperazine rings is 1. The molecule has 3 atom stereocenters. The average molecular weight is 267 g/mol. The van der Waals surface area contributed by atoms with Crippen LogP contribution in [-0.2, 0) is 0 Å². The summed E-state index contributed by atoms with van der Waals surface area (Å²) in [6, 6.07) is 2.28. The van der Waals surface area contributed by atoms with Crippen LogP contribution in [0.25, 0.3) is 0 Å². The van der Waals surface area contributed by atoms with E-state index in [4.69, 9.17) is 0 Å². The van der Waals surface area contributed by atoms with Gasteiger partial charge in [0.05, 0.1) is 0 Å². The van der Waals surface area contributed by atoms with E-state index < -0.39 is 0 Å². The monoisotopic (exact) mass is 267 g/mol. The highest BCUT2D eigenvalue weighted by Crippen LogP contribution is 2.27. The van der Waals surface area contributed by atoms with Crippen LogP contribution in [0.3, 0.4) is 0 Å². The first-order valence-corrected chi connectivity index (χ1v) is 8.25. The fourth-order valence-corrected chi connectivity index (χ4v) is 3.94. The van der Waals surface area contributed by atoms with E-state index in [9.17, 15) is 0 Å².